The Kier molecular flexibility index (Phi) is 5.07. The van der Waals surface area contributed by atoms with Crippen molar-refractivity contribution in [3.63, 3.8) is 0 Å². The highest BCUT2D eigenvalue weighted by Crippen LogP contribution is 2.40. The number of carbonyl (C=O) groups excluding carboxylic acids is 2. The smallest absolute Gasteiger partial charge is 0.307 e. The Morgan fingerprint density at radius 2 is 2.21 bits per heavy atom. The van der Waals surface area contributed by atoms with Crippen molar-refractivity contribution in [1.82, 2.24) is 4.57 Å². The fourth-order valence-electron chi connectivity index (χ4n) is 3.52. The molecule has 1 atom stereocenters. The number of ketones is 1. The van der Waals surface area contributed by atoms with Crippen molar-refractivity contribution in [3.05, 3.63) is 60.9 Å². The number of nitrogens with one attached hydrogen (secondary N) is 1. The highest BCUT2D eigenvalue weighted by atomic mass is 32.1. The summed E-state index contributed by atoms with van der Waals surface area (Å²) in [5, 5.41) is 5.16. The van der Waals surface area contributed by atoms with Gasteiger partial charge in [-0.25, -0.2) is 0 Å². The minimum absolute atomic E-state index is 0.0679. The molecule has 0 saturated heterocycles. The van der Waals surface area contributed by atoms with Crippen molar-refractivity contribution in [2.75, 3.05) is 5.32 Å². The van der Waals surface area contributed by atoms with E-state index in [1.165, 1.54) is 22.2 Å². The Balaban J connectivity index is 1.67. The van der Waals surface area contributed by atoms with Gasteiger partial charge in [-0.1, -0.05) is 18.3 Å². The molecule has 8 heteroatoms. The van der Waals surface area contributed by atoms with Gasteiger partial charge in [-0.05, 0) is 49.8 Å². The number of fused-ring (bicyclic) bond motifs is 1. The topological polar surface area (TPSA) is 81.3 Å². The molecule has 0 saturated carbocycles. The van der Waals surface area contributed by atoms with E-state index in [9.17, 15) is 14.4 Å². The maximum Gasteiger partial charge on any atom is 0.307 e. The number of aryl methyl sites for hydroxylation is 1. The van der Waals surface area contributed by atoms with E-state index < -0.39 is 0 Å². The molecule has 1 aliphatic carbocycles. The lowest BCUT2D eigenvalue weighted by Gasteiger charge is -2.18. The molecule has 1 unspecified atom stereocenters. The number of amides is 1. The number of hydrogen-bond acceptors (Lipinski definition) is 6. The number of rotatable bonds is 5. The lowest BCUT2D eigenvalue weighted by Crippen LogP contribution is -2.25. The molecule has 1 amide bonds. The molecule has 0 aromatic carbocycles. The number of furan rings is 1. The van der Waals surface area contributed by atoms with Crippen LogP contribution >= 0.6 is 22.7 Å². The Morgan fingerprint density at radius 3 is 2.89 bits per heavy atom. The largest absolute Gasteiger partial charge is 0.461 e. The van der Waals surface area contributed by atoms with Crippen molar-refractivity contribution in [3.8, 4) is 0 Å². The summed E-state index contributed by atoms with van der Waals surface area (Å²) in [4.78, 5) is 38.6. The number of thiophene rings is 1. The van der Waals surface area contributed by atoms with Gasteiger partial charge in [0.25, 0.3) is 0 Å². The van der Waals surface area contributed by atoms with Crippen LogP contribution in [0.4, 0.5) is 5.00 Å². The molecule has 0 fully saturated rings. The fourth-order valence-corrected chi connectivity index (χ4v) is 5.67. The van der Waals surface area contributed by atoms with Gasteiger partial charge in [0, 0.05) is 16.0 Å². The third kappa shape index (κ3) is 3.49. The van der Waals surface area contributed by atoms with Gasteiger partial charge in [0.15, 0.2) is 5.76 Å². The van der Waals surface area contributed by atoms with Crippen molar-refractivity contribution in [1.29, 1.82) is 0 Å². The zero-order valence-corrected chi connectivity index (χ0v) is 17.2. The van der Waals surface area contributed by atoms with Crippen LogP contribution in [0.15, 0.2) is 33.0 Å². The Hall–Kier alpha value is -2.45. The summed E-state index contributed by atoms with van der Waals surface area (Å²) in [5.74, 6) is 0.285. The first-order valence-corrected chi connectivity index (χ1v) is 10.8. The number of carbonyl (C=O) groups is 2. The number of nitrogens with zero attached hydrogens (tertiary/aromatic N) is 1. The summed E-state index contributed by atoms with van der Waals surface area (Å²) in [7, 11) is 0. The minimum Gasteiger partial charge on any atom is -0.461 e. The third-order valence-corrected chi connectivity index (χ3v) is 7.07. The maximum absolute atomic E-state index is 13.1. The van der Waals surface area contributed by atoms with Gasteiger partial charge in [0.05, 0.1) is 11.8 Å². The molecule has 1 N–H and O–H groups in total. The molecule has 3 aromatic rings. The van der Waals surface area contributed by atoms with Crippen LogP contribution in [0.2, 0.25) is 0 Å². The quantitative estimate of drug-likeness (QED) is 0.640. The van der Waals surface area contributed by atoms with Gasteiger partial charge in [-0.15, -0.1) is 11.3 Å². The second-order valence-electron chi connectivity index (χ2n) is 7.14. The van der Waals surface area contributed by atoms with Crippen LogP contribution in [0, 0.1) is 12.8 Å². The molecule has 0 aliphatic heterocycles. The monoisotopic (exact) mass is 416 g/mol. The van der Waals surface area contributed by atoms with E-state index in [2.05, 4.69) is 12.2 Å². The van der Waals surface area contributed by atoms with Crippen molar-refractivity contribution in [2.45, 2.75) is 39.7 Å². The second kappa shape index (κ2) is 7.52. The molecule has 146 valence electrons. The van der Waals surface area contributed by atoms with Gasteiger partial charge in [0.2, 0.25) is 11.7 Å². The number of thiazole rings is 1. The molecule has 3 heterocycles. The summed E-state index contributed by atoms with van der Waals surface area (Å²) in [6.07, 6.45) is 4.20. The Morgan fingerprint density at radius 1 is 1.39 bits per heavy atom. The second-order valence-corrected chi connectivity index (χ2v) is 9.07. The molecular formula is C20H20N2O4S2. The molecule has 1 aliphatic rings. The standard InChI is InChI=1S/C20H20N2O4S2/c1-11-5-6-13-15(8-11)28-19(17(13)18(24)14-4-3-7-26-14)21-16(23)9-22-12(2)10-27-20(22)25/h3-4,7,10-11H,5-6,8-9H2,1-2H3,(H,21,23). The average molecular weight is 417 g/mol. The highest BCUT2D eigenvalue weighted by Gasteiger charge is 2.30. The number of hydrogen-bond donors (Lipinski definition) is 1. The van der Waals surface area contributed by atoms with E-state index >= 15 is 0 Å². The van der Waals surface area contributed by atoms with E-state index in [-0.39, 0.29) is 28.9 Å². The predicted molar refractivity (Wildman–Crippen MR) is 110 cm³/mol. The number of aromatic nitrogens is 1. The fraction of sp³-hybridized carbons (Fsp3) is 0.350. The Labute approximate surface area is 169 Å². The van der Waals surface area contributed by atoms with E-state index in [1.807, 2.05) is 0 Å². The zero-order valence-electron chi connectivity index (χ0n) is 15.6. The molecule has 4 rings (SSSR count). The molecule has 0 spiro atoms. The van der Waals surface area contributed by atoms with Gasteiger partial charge in [0.1, 0.15) is 11.5 Å². The third-order valence-electron chi connectivity index (χ3n) is 5.01. The molecule has 0 radical (unpaired) electrons. The van der Waals surface area contributed by atoms with Crippen LogP contribution in [-0.4, -0.2) is 16.3 Å². The van der Waals surface area contributed by atoms with Gasteiger partial charge >= 0.3 is 4.87 Å². The molecule has 3 aromatic heterocycles. The van der Waals surface area contributed by atoms with E-state index in [4.69, 9.17) is 4.42 Å². The highest BCUT2D eigenvalue weighted by molar-refractivity contribution is 7.17. The van der Waals surface area contributed by atoms with Crippen molar-refractivity contribution in [2.24, 2.45) is 5.92 Å². The van der Waals surface area contributed by atoms with Crippen LogP contribution < -0.4 is 10.2 Å². The van der Waals surface area contributed by atoms with Crippen molar-refractivity contribution < 1.29 is 14.0 Å². The summed E-state index contributed by atoms with van der Waals surface area (Å²) in [5.41, 5.74) is 2.30. The maximum atomic E-state index is 13.1. The molecule has 28 heavy (non-hydrogen) atoms. The van der Waals surface area contributed by atoms with Gasteiger partial charge in [-0.2, -0.15) is 0 Å². The van der Waals surface area contributed by atoms with E-state index in [1.54, 1.807) is 24.4 Å². The first kappa shape index (κ1) is 18.9. The summed E-state index contributed by atoms with van der Waals surface area (Å²) in [6, 6.07) is 3.32. The lowest BCUT2D eigenvalue weighted by atomic mass is 9.87. The molecule has 6 nitrogen and oxygen atoms in total. The van der Waals surface area contributed by atoms with Crippen LogP contribution in [0.1, 0.15) is 45.6 Å². The molecule has 0 bridgehead atoms. The van der Waals surface area contributed by atoms with Crippen LogP contribution in [0.25, 0.3) is 0 Å². The van der Waals surface area contributed by atoms with Crippen LogP contribution in [0.3, 0.4) is 0 Å². The summed E-state index contributed by atoms with van der Waals surface area (Å²) >= 11 is 2.53. The summed E-state index contributed by atoms with van der Waals surface area (Å²) < 4.78 is 6.74. The molecular weight excluding hydrogens is 396 g/mol. The van der Waals surface area contributed by atoms with Crippen LogP contribution in [-0.2, 0) is 24.2 Å². The average Bonchev–Trinajstić information content (AvgIpc) is 3.37. The first-order chi connectivity index (χ1) is 13.4. The van der Waals surface area contributed by atoms with Gasteiger partial charge in [-0.3, -0.25) is 19.0 Å². The lowest BCUT2D eigenvalue weighted by molar-refractivity contribution is -0.116. The minimum atomic E-state index is -0.316. The SMILES string of the molecule is Cc1csc(=O)n1CC(=O)Nc1sc2c(c1C(=O)c1ccco1)CCC(C)C2. The van der Waals surface area contributed by atoms with Crippen LogP contribution in [0.5, 0.6) is 0 Å². The van der Waals surface area contributed by atoms with E-state index in [0.29, 0.717) is 16.5 Å². The normalized spacial score (nSPS) is 16.0. The zero-order chi connectivity index (χ0) is 19.8. The predicted octanol–water partition coefficient (Wildman–Crippen LogP) is 3.87. The first-order valence-electron chi connectivity index (χ1n) is 9.11. The Bertz CT molecular complexity index is 1090. The number of anilines is 1. The van der Waals surface area contributed by atoms with Gasteiger partial charge < -0.3 is 9.73 Å². The van der Waals surface area contributed by atoms with Crippen molar-refractivity contribution >= 4 is 39.4 Å². The summed E-state index contributed by atoms with van der Waals surface area (Å²) in [6.45, 7) is 3.92. The van der Waals surface area contributed by atoms with E-state index in [0.717, 1.165) is 46.7 Å².